The molecule has 0 saturated heterocycles. The van der Waals surface area contributed by atoms with Gasteiger partial charge < -0.3 is 24.8 Å². The Bertz CT molecular complexity index is 1170. The van der Waals surface area contributed by atoms with Crippen molar-refractivity contribution in [2.24, 2.45) is 0 Å². The second-order valence-electron chi connectivity index (χ2n) is 6.96. The first-order valence-corrected chi connectivity index (χ1v) is 10.0. The summed E-state index contributed by atoms with van der Waals surface area (Å²) in [5.74, 6) is 0.409. The van der Waals surface area contributed by atoms with E-state index in [0.29, 0.717) is 39.8 Å². The smallest absolute Gasteiger partial charge is 0.265 e. The molecule has 2 N–H and O–H groups in total. The number of carbonyl (C=O) groups excluding carboxylic acids is 2. The van der Waals surface area contributed by atoms with Crippen molar-refractivity contribution in [1.82, 2.24) is 0 Å². The molecule has 168 valence electrons. The maximum Gasteiger partial charge on any atom is 0.265 e. The van der Waals surface area contributed by atoms with Crippen molar-refractivity contribution in [1.29, 1.82) is 5.26 Å². The van der Waals surface area contributed by atoms with Crippen LogP contribution in [0, 0.1) is 11.3 Å². The zero-order valence-corrected chi connectivity index (χ0v) is 18.4. The van der Waals surface area contributed by atoms with Crippen molar-refractivity contribution in [3.63, 3.8) is 0 Å². The van der Waals surface area contributed by atoms with Crippen molar-refractivity contribution in [3.8, 4) is 23.3 Å². The van der Waals surface area contributed by atoms with Crippen LogP contribution in [0.3, 0.4) is 0 Å². The Morgan fingerprint density at radius 3 is 2.00 bits per heavy atom. The third-order valence-electron chi connectivity index (χ3n) is 4.73. The van der Waals surface area contributed by atoms with Crippen LogP contribution in [0.5, 0.6) is 17.2 Å². The fraction of sp³-hybridized carbons (Fsp3) is 0.160. The highest BCUT2D eigenvalue weighted by molar-refractivity contribution is 6.05. The number of hydrogen-bond acceptors (Lipinski definition) is 6. The van der Waals surface area contributed by atoms with E-state index in [1.165, 1.54) is 14.2 Å². The average Bonchev–Trinajstić information content (AvgIpc) is 2.85. The Morgan fingerprint density at radius 2 is 1.45 bits per heavy atom. The van der Waals surface area contributed by atoms with Crippen molar-refractivity contribution in [2.45, 2.75) is 13.0 Å². The number of benzene rings is 3. The first-order chi connectivity index (χ1) is 15.9. The lowest BCUT2D eigenvalue weighted by Crippen LogP contribution is -2.30. The maximum absolute atomic E-state index is 12.7. The second kappa shape index (κ2) is 10.7. The summed E-state index contributed by atoms with van der Waals surface area (Å²) >= 11 is 0. The van der Waals surface area contributed by atoms with Crippen molar-refractivity contribution < 1.29 is 23.8 Å². The van der Waals surface area contributed by atoms with Crippen LogP contribution >= 0.6 is 0 Å². The van der Waals surface area contributed by atoms with Crippen LogP contribution in [0.25, 0.3) is 0 Å². The molecular weight excluding hydrogens is 422 g/mol. The molecule has 33 heavy (non-hydrogen) atoms. The van der Waals surface area contributed by atoms with Crippen molar-refractivity contribution in [2.75, 3.05) is 24.9 Å². The first-order valence-electron chi connectivity index (χ1n) is 10.0. The molecule has 1 atom stereocenters. The molecule has 0 aliphatic carbocycles. The van der Waals surface area contributed by atoms with E-state index in [9.17, 15) is 9.59 Å². The number of nitrogens with one attached hydrogen (secondary N) is 2. The molecule has 8 heteroatoms. The van der Waals surface area contributed by atoms with Crippen LogP contribution in [0.2, 0.25) is 0 Å². The van der Waals surface area contributed by atoms with E-state index in [1.54, 1.807) is 67.6 Å². The summed E-state index contributed by atoms with van der Waals surface area (Å²) in [6, 6.07) is 20.4. The number of anilines is 2. The molecule has 2 amide bonds. The summed E-state index contributed by atoms with van der Waals surface area (Å²) in [4.78, 5) is 25.2. The van der Waals surface area contributed by atoms with Gasteiger partial charge in [0.2, 0.25) is 0 Å². The van der Waals surface area contributed by atoms with Crippen LogP contribution in [0.4, 0.5) is 11.4 Å². The Morgan fingerprint density at radius 1 is 0.879 bits per heavy atom. The van der Waals surface area contributed by atoms with Gasteiger partial charge in [-0.1, -0.05) is 18.2 Å². The minimum atomic E-state index is -0.828. The lowest BCUT2D eigenvalue weighted by atomic mass is 10.2. The number of ether oxygens (including phenoxy) is 3. The van der Waals surface area contributed by atoms with Gasteiger partial charge in [0.15, 0.2) is 6.10 Å². The van der Waals surface area contributed by atoms with Gasteiger partial charge in [0.1, 0.15) is 17.2 Å². The average molecular weight is 445 g/mol. The highest BCUT2D eigenvalue weighted by Gasteiger charge is 2.20. The molecule has 8 nitrogen and oxygen atoms in total. The highest BCUT2D eigenvalue weighted by Crippen LogP contribution is 2.36. The van der Waals surface area contributed by atoms with Crippen LogP contribution in [-0.2, 0) is 4.79 Å². The quantitative estimate of drug-likeness (QED) is 0.537. The van der Waals surface area contributed by atoms with Gasteiger partial charge in [0.05, 0.1) is 37.2 Å². The summed E-state index contributed by atoms with van der Waals surface area (Å²) in [5.41, 5.74) is 1.73. The van der Waals surface area contributed by atoms with Gasteiger partial charge in [-0.15, -0.1) is 0 Å². The molecule has 0 saturated carbocycles. The molecule has 0 radical (unpaired) electrons. The van der Waals surface area contributed by atoms with Crippen molar-refractivity contribution in [3.05, 3.63) is 77.9 Å². The van der Waals surface area contributed by atoms with E-state index < -0.39 is 12.0 Å². The Kier molecular flexibility index (Phi) is 7.50. The zero-order valence-electron chi connectivity index (χ0n) is 18.4. The van der Waals surface area contributed by atoms with Crippen LogP contribution < -0.4 is 24.8 Å². The maximum atomic E-state index is 12.7. The van der Waals surface area contributed by atoms with Gasteiger partial charge in [-0.2, -0.15) is 5.26 Å². The van der Waals surface area contributed by atoms with Gasteiger partial charge in [0.25, 0.3) is 11.8 Å². The molecule has 0 fully saturated rings. The van der Waals surface area contributed by atoms with E-state index in [4.69, 9.17) is 19.5 Å². The highest BCUT2D eigenvalue weighted by atomic mass is 16.5. The molecule has 0 aliphatic rings. The van der Waals surface area contributed by atoms with Crippen LogP contribution in [0.1, 0.15) is 22.8 Å². The van der Waals surface area contributed by atoms with Gasteiger partial charge in [-0.3, -0.25) is 9.59 Å². The molecular formula is C25H23N3O5. The minimum absolute atomic E-state index is 0.308. The third kappa shape index (κ3) is 5.80. The summed E-state index contributed by atoms with van der Waals surface area (Å²) in [7, 11) is 2.92. The van der Waals surface area contributed by atoms with Gasteiger partial charge >= 0.3 is 0 Å². The number of hydrogen-bond donors (Lipinski definition) is 2. The normalized spacial score (nSPS) is 11.0. The molecule has 3 aromatic rings. The molecule has 3 aromatic carbocycles. The zero-order chi connectivity index (χ0) is 23.8. The lowest BCUT2D eigenvalue weighted by Gasteiger charge is -2.18. The van der Waals surface area contributed by atoms with E-state index in [1.807, 2.05) is 12.1 Å². The summed E-state index contributed by atoms with van der Waals surface area (Å²) in [6.45, 7) is 1.60. The number of rotatable bonds is 8. The van der Waals surface area contributed by atoms with Crippen LogP contribution in [0.15, 0.2) is 66.7 Å². The lowest BCUT2D eigenvalue weighted by molar-refractivity contribution is -0.122. The van der Waals surface area contributed by atoms with Gasteiger partial charge in [0, 0.05) is 17.7 Å². The summed E-state index contributed by atoms with van der Waals surface area (Å²) in [6.07, 6.45) is -0.828. The number of amides is 2. The first kappa shape index (κ1) is 23.2. The summed E-state index contributed by atoms with van der Waals surface area (Å²) < 4.78 is 16.5. The predicted molar refractivity (Wildman–Crippen MR) is 124 cm³/mol. The van der Waals surface area contributed by atoms with E-state index in [-0.39, 0.29) is 5.91 Å². The topological polar surface area (TPSA) is 110 Å². The largest absolute Gasteiger partial charge is 0.494 e. The number of methoxy groups -OCH3 is 2. The Hall–Kier alpha value is -4.51. The van der Waals surface area contributed by atoms with E-state index >= 15 is 0 Å². The minimum Gasteiger partial charge on any atom is -0.494 e. The van der Waals surface area contributed by atoms with Gasteiger partial charge in [-0.25, -0.2) is 0 Å². The monoisotopic (exact) mass is 445 g/mol. The SMILES string of the molecule is COc1cc(NC(=O)[C@H](C)Oc2ccc(C#N)cc2)c(OC)cc1NC(=O)c1ccccc1. The predicted octanol–water partition coefficient (Wildman–Crippen LogP) is 4.23. The Balaban J connectivity index is 1.76. The van der Waals surface area contributed by atoms with Crippen LogP contribution in [-0.4, -0.2) is 32.1 Å². The van der Waals surface area contributed by atoms with Crippen molar-refractivity contribution >= 4 is 23.2 Å². The standard InChI is InChI=1S/C25H23N3O5/c1-16(33-19-11-9-17(15-26)10-12-19)24(29)27-20-13-23(32-3)21(14-22(20)31-2)28-25(30)18-7-5-4-6-8-18/h4-14,16H,1-3H3,(H,27,29)(H,28,30)/t16-/m0/s1. The van der Waals surface area contributed by atoms with E-state index in [2.05, 4.69) is 10.6 Å². The van der Waals surface area contributed by atoms with Gasteiger partial charge in [-0.05, 0) is 43.3 Å². The molecule has 0 bridgehead atoms. The fourth-order valence-electron chi connectivity index (χ4n) is 2.98. The van der Waals surface area contributed by atoms with E-state index in [0.717, 1.165) is 0 Å². The molecule has 3 rings (SSSR count). The number of nitriles is 1. The molecule has 0 heterocycles. The molecule has 0 aliphatic heterocycles. The number of carbonyl (C=O) groups is 2. The molecule has 0 aromatic heterocycles. The number of nitrogens with zero attached hydrogens (tertiary/aromatic N) is 1. The molecule has 0 unspecified atom stereocenters. The third-order valence-corrected chi connectivity index (χ3v) is 4.73. The Labute approximate surface area is 191 Å². The fourth-order valence-corrected chi connectivity index (χ4v) is 2.98. The summed E-state index contributed by atoms with van der Waals surface area (Å²) in [5, 5.41) is 14.4. The second-order valence-corrected chi connectivity index (χ2v) is 6.96. The molecule has 0 spiro atoms.